The fraction of sp³-hybridized carbons (Fsp3) is 0.167. The Morgan fingerprint density at radius 2 is 1.66 bits per heavy atom. The summed E-state index contributed by atoms with van der Waals surface area (Å²) in [6.45, 7) is 1.94. The van der Waals surface area contributed by atoms with Crippen molar-refractivity contribution in [3.05, 3.63) is 71.1 Å². The molecule has 0 saturated carbocycles. The van der Waals surface area contributed by atoms with Crippen molar-refractivity contribution in [3.8, 4) is 10.4 Å². The van der Waals surface area contributed by atoms with E-state index in [9.17, 15) is 19.2 Å². The molecule has 8 heteroatoms. The first kappa shape index (κ1) is 21.5. The maximum atomic E-state index is 12.8. The van der Waals surface area contributed by atoms with Gasteiger partial charge in [0, 0.05) is 23.3 Å². The number of nitrogens with zero attached hydrogens (tertiary/aromatic N) is 1. The lowest BCUT2D eigenvalue weighted by molar-refractivity contribution is -0.121. The minimum absolute atomic E-state index is 0.194. The summed E-state index contributed by atoms with van der Waals surface area (Å²) in [5, 5.41) is 2.79. The van der Waals surface area contributed by atoms with Gasteiger partial charge in [-0.2, -0.15) is 0 Å². The highest BCUT2D eigenvalue weighted by Gasteiger charge is 2.30. The lowest BCUT2D eigenvalue weighted by atomic mass is 10.1. The van der Waals surface area contributed by atoms with Gasteiger partial charge in [-0.1, -0.05) is 30.3 Å². The molecule has 4 rings (SSSR count). The Hall–Kier alpha value is -3.78. The summed E-state index contributed by atoms with van der Waals surface area (Å²) in [6, 6.07) is 17.5. The van der Waals surface area contributed by atoms with E-state index in [4.69, 9.17) is 4.74 Å². The van der Waals surface area contributed by atoms with Crippen molar-refractivity contribution in [2.75, 3.05) is 16.8 Å². The third-order valence-electron chi connectivity index (χ3n) is 4.94. The van der Waals surface area contributed by atoms with Gasteiger partial charge in [0.1, 0.15) is 4.88 Å². The first-order chi connectivity index (χ1) is 15.5. The van der Waals surface area contributed by atoms with E-state index in [0.29, 0.717) is 21.8 Å². The number of hydrogen-bond acceptors (Lipinski definition) is 6. The molecule has 1 fully saturated rings. The van der Waals surface area contributed by atoms with Gasteiger partial charge in [0.25, 0.3) is 5.91 Å². The van der Waals surface area contributed by atoms with Gasteiger partial charge >= 0.3 is 5.97 Å². The largest absolute Gasteiger partial charge is 0.462 e. The van der Waals surface area contributed by atoms with E-state index in [1.165, 1.54) is 23.5 Å². The van der Waals surface area contributed by atoms with Crippen molar-refractivity contribution in [2.45, 2.75) is 19.8 Å². The molecule has 7 nitrogen and oxygen atoms in total. The second-order valence-corrected chi connectivity index (χ2v) is 8.12. The standard InChI is InChI=1S/C24H20N2O5S/c1-2-31-24(30)22-18(14-19(32-22)15-6-4-3-5-7-15)25-23(29)16-8-10-17(11-9-16)26-20(27)12-13-21(26)28/h3-11,14H,2,12-13H2,1H3,(H,25,29). The van der Waals surface area contributed by atoms with Crippen molar-refractivity contribution in [1.29, 1.82) is 0 Å². The molecule has 3 amide bonds. The van der Waals surface area contributed by atoms with Crippen LogP contribution in [0.2, 0.25) is 0 Å². The molecule has 1 N–H and O–H groups in total. The number of carbonyl (C=O) groups excluding carboxylic acids is 4. The molecule has 1 aliphatic heterocycles. The van der Waals surface area contributed by atoms with Crippen molar-refractivity contribution >= 4 is 46.4 Å². The maximum absolute atomic E-state index is 12.8. The number of amides is 3. The molecular weight excluding hydrogens is 428 g/mol. The molecule has 0 unspecified atom stereocenters. The fourth-order valence-electron chi connectivity index (χ4n) is 3.40. The van der Waals surface area contributed by atoms with Crippen LogP contribution in [0.25, 0.3) is 10.4 Å². The van der Waals surface area contributed by atoms with Crippen LogP contribution in [0.4, 0.5) is 11.4 Å². The van der Waals surface area contributed by atoms with Crippen LogP contribution in [0.3, 0.4) is 0 Å². The first-order valence-electron chi connectivity index (χ1n) is 10.1. The molecule has 32 heavy (non-hydrogen) atoms. The topological polar surface area (TPSA) is 92.8 Å². The molecule has 162 valence electrons. The minimum Gasteiger partial charge on any atom is -0.462 e. The molecule has 3 aromatic rings. The summed E-state index contributed by atoms with van der Waals surface area (Å²) in [5.74, 6) is -1.43. The summed E-state index contributed by atoms with van der Waals surface area (Å²) in [4.78, 5) is 51.4. The maximum Gasteiger partial charge on any atom is 0.350 e. The summed E-state index contributed by atoms with van der Waals surface area (Å²) in [6.07, 6.45) is 0.388. The average molecular weight is 449 g/mol. The average Bonchev–Trinajstić information content (AvgIpc) is 3.37. The zero-order chi connectivity index (χ0) is 22.7. The summed E-state index contributed by atoms with van der Waals surface area (Å²) < 4.78 is 5.15. The van der Waals surface area contributed by atoms with E-state index in [-0.39, 0.29) is 31.3 Å². The molecule has 1 aromatic heterocycles. The van der Waals surface area contributed by atoms with Crippen LogP contribution < -0.4 is 10.2 Å². The molecule has 0 atom stereocenters. The number of thiophene rings is 1. The van der Waals surface area contributed by atoms with Crippen LogP contribution in [-0.2, 0) is 14.3 Å². The van der Waals surface area contributed by atoms with Crippen molar-refractivity contribution in [1.82, 2.24) is 0 Å². The van der Waals surface area contributed by atoms with Crippen LogP contribution in [0, 0.1) is 0 Å². The van der Waals surface area contributed by atoms with Gasteiger partial charge in [0.2, 0.25) is 11.8 Å². The second kappa shape index (κ2) is 9.15. The van der Waals surface area contributed by atoms with Crippen LogP contribution in [-0.4, -0.2) is 30.3 Å². The molecule has 0 radical (unpaired) electrons. The number of benzene rings is 2. The van der Waals surface area contributed by atoms with E-state index in [1.54, 1.807) is 25.1 Å². The molecule has 1 saturated heterocycles. The Morgan fingerprint density at radius 3 is 2.28 bits per heavy atom. The molecule has 0 bridgehead atoms. The first-order valence-corrected chi connectivity index (χ1v) is 10.9. The van der Waals surface area contributed by atoms with E-state index in [1.807, 2.05) is 30.3 Å². The van der Waals surface area contributed by atoms with Gasteiger partial charge in [-0.05, 0) is 42.8 Å². The van der Waals surface area contributed by atoms with Crippen molar-refractivity contribution in [2.24, 2.45) is 0 Å². The molecule has 0 spiro atoms. The molecule has 2 heterocycles. The van der Waals surface area contributed by atoms with Crippen LogP contribution in [0.5, 0.6) is 0 Å². The SMILES string of the molecule is CCOC(=O)c1sc(-c2ccccc2)cc1NC(=O)c1ccc(N2C(=O)CCC2=O)cc1. The monoisotopic (exact) mass is 448 g/mol. The summed E-state index contributed by atoms with van der Waals surface area (Å²) in [5.41, 5.74) is 2.05. The lowest BCUT2D eigenvalue weighted by Gasteiger charge is -2.14. The summed E-state index contributed by atoms with van der Waals surface area (Å²) >= 11 is 1.25. The Labute approximate surface area is 188 Å². The number of anilines is 2. The second-order valence-electron chi connectivity index (χ2n) is 7.06. The highest BCUT2D eigenvalue weighted by Crippen LogP contribution is 2.35. The highest BCUT2D eigenvalue weighted by atomic mass is 32.1. The zero-order valence-electron chi connectivity index (χ0n) is 17.3. The lowest BCUT2D eigenvalue weighted by Crippen LogP contribution is -2.28. The predicted molar refractivity (Wildman–Crippen MR) is 122 cm³/mol. The van der Waals surface area contributed by atoms with Gasteiger partial charge in [0.05, 0.1) is 18.0 Å². The van der Waals surface area contributed by atoms with Gasteiger partial charge in [-0.15, -0.1) is 11.3 Å². The Kier molecular flexibility index (Phi) is 6.13. The van der Waals surface area contributed by atoms with Crippen LogP contribution in [0.1, 0.15) is 39.8 Å². The third-order valence-corrected chi connectivity index (χ3v) is 6.10. The Bertz CT molecular complexity index is 1170. The van der Waals surface area contributed by atoms with Gasteiger partial charge in [0.15, 0.2) is 0 Å². The predicted octanol–water partition coefficient (Wildman–Crippen LogP) is 4.50. The van der Waals surface area contributed by atoms with Crippen LogP contribution in [0.15, 0.2) is 60.7 Å². The van der Waals surface area contributed by atoms with E-state index in [2.05, 4.69) is 5.32 Å². The number of nitrogens with one attached hydrogen (secondary N) is 1. The number of hydrogen-bond donors (Lipinski definition) is 1. The molecular formula is C24H20N2O5S. The van der Waals surface area contributed by atoms with E-state index >= 15 is 0 Å². The van der Waals surface area contributed by atoms with Gasteiger partial charge in [-0.3, -0.25) is 19.3 Å². The number of ether oxygens (including phenoxy) is 1. The van der Waals surface area contributed by atoms with E-state index < -0.39 is 11.9 Å². The van der Waals surface area contributed by atoms with Gasteiger partial charge < -0.3 is 10.1 Å². The quantitative estimate of drug-likeness (QED) is 0.443. The highest BCUT2D eigenvalue weighted by molar-refractivity contribution is 7.18. The number of carbonyl (C=O) groups is 4. The zero-order valence-corrected chi connectivity index (χ0v) is 18.1. The summed E-state index contributed by atoms with van der Waals surface area (Å²) in [7, 11) is 0. The Balaban J connectivity index is 1.58. The molecule has 0 aliphatic carbocycles. The van der Waals surface area contributed by atoms with Crippen LogP contribution >= 0.6 is 11.3 Å². The molecule has 1 aliphatic rings. The minimum atomic E-state index is -0.503. The van der Waals surface area contributed by atoms with Crippen molar-refractivity contribution in [3.63, 3.8) is 0 Å². The molecule has 2 aromatic carbocycles. The fourth-order valence-corrected chi connectivity index (χ4v) is 4.41. The number of esters is 1. The third kappa shape index (κ3) is 4.31. The van der Waals surface area contributed by atoms with Crippen molar-refractivity contribution < 1.29 is 23.9 Å². The van der Waals surface area contributed by atoms with Gasteiger partial charge in [-0.25, -0.2) is 4.79 Å². The number of rotatable bonds is 6. The smallest absolute Gasteiger partial charge is 0.350 e. The number of imide groups is 1. The normalized spacial score (nSPS) is 13.3. The Morgan fingerprint density at radius 1 is 1.00 bits per heavy atom. The van der Waals surface area contributed by atoms with E-state index in [0.717, 1.165) is 15.3 Å².